The first-order valence-electron chi connectivity index (χ1n) is 7.07. The summed E-state index contributed by atoms with van der Waals surface area (Å²) in [7, 11) is 0. The lowest BCUT2D eigenvalue weighted by Gasteiger charge is -2.29. The Kier molecular flexibility index (Phi) is 3.11. The third-order valence-electron chi connectivity index (χ3n) is 3.88. The van der Waals surface area contributed by atoms with Crippen molar-refractivity contribution in [2.75, 3.05) is 18.0 Å². The molecule has 3 aromatic rings. The predicted octanol–water partition coefficient (Wildman–Crippen LogP) is 3.40. The third-order valence-corrected chi connectivity index (χ3v) is 4.56. The fraction of sp³-hybridized carbons (Fsp3) is 0.333. The van der Waals surface area contributed by atoms with Crippen LogP contribution in [0.25, 0.3) is 17.0 Å². The van der Waals surface area contributed by atoms with E-state index in [4.69, 9.17) is 0 Å². The summed E-state index contributed by atoms with van der Waals surface area (Å²) in [6, 6.07) is 4.03. The molecule has 4 rings (SSSR count). The lowest BCUT2D eigenvalue weighted by atomic mass is 10.1. The van der Waals surface area contributed by atoms with Crippen molar-refractivity contribution in [2.24, 2.45) is 0 Å². The first-order chi connectivity index (χ1) is 10.3. The van der Waals surface area contributed by atoms with E-state index in [1.807, 2.05) is 28.2 Å². The summed E-state index contributed by atoms with van der Waals surface area (Å²) < 4.78 is 15.2. The minimum Gasteiger partial charge on any atom is -0.356 e. The number of hydrogen-bond acceptors (Lipinski definition) is 4. The van der Waals surface area contributed by atoms with Crippen molar-refractivity contribution >= 4 is 22.9 Å². The van der Waals surface area contributed by atoms with E-state index in [-0.39, 0.29) is 0 Å². The highest BCUT2D eigenvalue weighted by Crippen LogP contribution is 2.23. The molecule has 1 aliphatic rings. The zero-order valence-corrected chi connectivity index (χ0v) is 12.3. The first kappa shape index (κ1) is 12.8. The number of piperidine rings is 1. The van der Waals surface area contributed by atoms with Gasteiger partial charge in [0.15, 0.2) is 0 Å². The van der Waals surface area contributed by atoms with Crippen LogP contribution in [0, 0.1) is 0 Å². The number of hydrogen-bond donors (Lipinski definition) is 0. The molecule has 4 nitrogen and oxygen atoms in total. The van der Waals surface area contributed by atoms with Crippen molar-refractivity contribution in [1.82, 2.24) is 14.4 Å². The first-order valence-corrected chi connectivity index (χ1v) is 8.01. The molecule has 0 unspecified atom stereocenters. The van der Waals surface area contributed by atoms with Crippen LogP contribution in [0.5, 0.6) is 0 Å². The maximum Gasteiger partial charge on any atom is 0.236 e. The van der Waals surface area contributed by atoms with Gasteiger partial charge in [-0.05, 0) is 30.4 Å². The SMILES string of the molecule is FC1CCN(c2ccn3cc(-c4ccsc4)nc3n2)CC1. The number of nitrogens with zero attached hydrogens (tertiary/aromatic N) is 4. The van der Waals surface area contributed by atoms with E-state index in [0.29, 0.717) is 18.6 Å². The molecule has 1 fully saturated rings. The Hall–Kier alpha value is -1.95. The number of halogens is 1. The summed E-state index contributed by atoms with van der Waals surface area (Å²) in [5.74, 6) is 1.58. The average Bonchev–Trinajstić information content (AvgIpc) is 3.16. The molecule has 0 N–H and O–H groups in total. The summed E-state index contributed by atoms with van der Waals surface area (Å²) in [5, 5.41) is 4.12. The van der Waals surface area contributed by atoms with Crippen molar-refractivity contribution < 1.29 is 4.39 Å². The van der Waals surface area contributed by atoms with Gasteiger partial charge >= 0.3 is 0 Å². The molecule has 0 bridgehead atoms. The Morgan fingerprint density at radius 1 is 1.19 bits per heavy atom. The van der Waals surface area contributed by atoms with Gasteiger partial charge in [0.25, 0.3) is 0 Å². The second-order valence-corrected chi connectivity index (χ2v) is 6.07. The monoisotopic (exact) mass is 302 g/mol. The molecule has 0 aromatic carbocycles. The van der Waals surface area contributed by atoms with Gasteiger partial charge in [-0.1, -0.05) is 0 Å². The van der Waals surface area contributed by atoms with Crippen LogP contribution in [0.3, 0.4) is 0 Å². The van der Waals surface area contributed by atoms with Gasteiger partial charge in [-0.3, -0.25) is 4.40 Å². The summed E-state index contributed by atoms with van der Waals surface area (Å²) >= 11 is 1.66. The number of anilines is 1. The molecule has 0 saturated carbocycles. The Labute approximate surface area is 125 Å². The smallest absolute Gasteiger partial charge is 0.236 e. The van der Waals surface area contributed by atoms with Gasteiger partial charge in [-0.15, -0.1) is 0 Å². The normalized spacial score (nSPS) is 16.7. The van der Waals surface area contributed by atoms with Crippen LogP contribution in [0.4, 0.5) is 10.2 Å². The lowest BCUT2D eigenvalue weighted by molar-refractivity contribution is 0.277. The van der Waals surface area contributed by atoms with Crippen molar-refractivity contribution in [3.63, 3.8) is 0 Å². The van der Waals surface area contributed by atoms with E-state index in [1.54, 1.807) is 11.3 Å². The molecule has 3 aromatic heterocycles. The van der Waals surface area contributed by atoms with Gasteiger partial charge in [0.1, 0.15) is 12.0 Å². The van der Waals surface area contributed by atoms with E-state index >= 15 is 0 Å². The van der Waals surface area contributed by atoms with Crippen LogP contribution in [0.15, 0.2) is 35.3 Å². The van der Waals surface area contributed by atoms with Crippen molar-refractivity contribution in [3.05, 3.63) is 35.3 Å². The van der Waals surface area contributed by atoms with Gasteiger partial charge in [-0.25, -0.2) is 9.37 Å². The molecule has 4 heterocycles. The topological polar surface area (TPSA) is 33.4 Å². The second-order valence-electron chi connectivity index (χ2n) is 5.29. The lowest BCUT2D eigenvalue weighted by Crippen LogP contribution is -2.34. The zero-order valence-electron chi connectivity index (χ0n) is 11.4. The van der Waals surface area contributed by atoms with E-state index in [9.17, 15) is 4.39 Å². The fourth-order valence-corrected chi connectivity index (χ4v) is 3.32. The maximum absolute atomic E-state index is 13.2. The highest BCUT2D eigenvalue weighted by Gasteiger charge is 2.19. The highest BCUT2D eigenvalue weighted by molar-refractivity contribution is 7.08. The summed E-state index contributed by atoms with van der Waals surface area (Å²) in [4.78, 5) is 11.3. The maximum atomic E-state index is 13.2. The number of rotatable bonds is 2. The molecule has 0 spiro atoms. The van der Waals surface area contributed by atoms with Crippen LogP contribution in [-0.2, 0) is 0 Å². The Balaban J connectivity index is 1.66. The quantitative estimate of drug-likeness (QED) is 0.727. The standard InChI is InChI=1S/C15H15FN4S/c16-12-1-5-19(6-2-12)14-3-7-20-9-13(17-15(20)18-14)11-4-8-21-10-11/h3-4,7-10,12H,1-2,5-6H2. The van der Waals surface area contributed by atoms with Crippen LogP contribution < -0.4 is 4.90 Å². The fourth-order valence-electron chi connectivity index (χ4n) is 2.67. The highest BCUT2D eigenvalue weighted by atomic mass is 32.1. The van der Waals surface area contributed by atoms with Crippen LogP contribution >= 0.6 is 11.3 Å². The Morgan fingerprint density at radius 3 is 2.81 bits per heavy atom. The summed E-state index contributed by atoms with van der Waals surface area (Å²) in [5.41, 5.74) is 2.05. The minimum atomic E-state index is -0.665. The molecule has 0 aliphatic carbocycles. The Bertz CT molecular complexity index is 744. The summed E-state index contributed by atoms with van der Waals surface area (Å²) in [6.07, 6.45) is 4.47. The molecule has 6 heteroatoms. The molecular formula is C15H15FN4S. The van der Waals surface area contributed by atoms with Crippen LogP contribution in [0.1, 0.15) is 12.8 Å². The summed E-state index contributed by atoms with van der Waals surface area (Å²) in [6.45, 7) is 1.45. The van der Waals surface area contributed by atoms with Gasteiger partial charge in [0.05, 0.1) is 5.69 Å². The van der Waals surface area contributed by atoms with Crippen molar-refractivity contribution in [1.29, 1.82) is 0 Å². The van der Waals surface area contributed by atoms with E-state index in [2.05, 4.69) is 26.3 Å². The van der Waals surface area contributed by atoms with Gasteiger partial charge in [0, 0.05) is 36.4 Å². The number of aromatic nitrogens is 3. The predicted molar refractivity (Wildman–Crippen MR) is 82.6 cm³/mol. The molecule has 108 valence electrons. The molecule has 1 aliphatic heterocycles. The molecule has 0 atom stereocenters. The van der Waals surface area contributed by atoms with Gasteiger partial charge in [0.2, 0.25) is 5.78 Å². The molecule has 21 heavy (non-hydrogen) atoms. The molecule has 0 radical (unpaired) electrons. The number of thiophene rings is 1. The zero-order chi connectivity index (χ0) is 14.2. The largest absolute Gasteiger partial charge is 0.356 e. The van der Waals surface area contributed by atoms with Gasteiger partial charge in [-0.2, -0.15) is 16.3 Å². The molecular weight excluding hydrogens is 287 g/mol. The number of imidazole rings is 1. The number of fused-ring (bicyclic) bond motifs is 1. The minimum absolute atomic E-state index is 0.585. The van der Waals surface area contributed by atoms with E-state index < -0.39 is 6.17 Å². The average molecular weight is 302 g/mol. The third kappa shape index (κ3) is 2.40. The molecule has 0 amide bonds. The van der Waals surface area contributed by atoms with Crippen molar-refractivity contribution in [2.45, 2.75) is 19.0 Å². The number of alkyl halides is 1. The Morgan fingerprint density at radius 2 is 2.05 bits per heavy atom. The van der Waals surface area contributed by atoms with Crippen molar-refractivity contribution in [3.8, 4) is 11.3 Å². The van der Waals surface area contributed by atoms with Crippen LogP contribution in [0.2, 0.25) is 0 Å². The van der Waals surface area contributed by atoms with Crippen LogP contribution in [-0.4, -0.2) is 33.6 Å². The second kappa shape index (κ2) is 5.11. The molecule has 1 saturated heterocycles. The van der Waals surface area contributed by atoms with E-state index in [0.717, 1.165) is 30.2 Å². The van der Waals surface area contributed by atoms with Gasteiger partial charge < -0.3 is 4.90 Å². The van der Waals surface area contributed by atoms with E-state index in [1.165, 1.54) is 0 Å².